The topological polar surface area (TPSA) is 92.5 Å². The Kier molecular flexibility index (Phi) is 6.65. The van der Waals surface area contributed by atoms with Gasteiger partial charge in [-0.15, -0.1) is 0 Å². The van der Waals surface area contributed by atoms with Crippen molar-refractivity contribution in [2.24, 2.45) is 0 Å². The first-order valence-corrected chi connectivity index (χ1v) is 12.9. The largest absolute Gasteiger partial charge is 0.366 e. The third-order valence-corrected chi connectivity index (χ3v) is 7.76. The summed E-state index contributed by atoms with van der Waals surface area (Å²) >= 11 is 1.43. The molecule has 2 aromatic carbocycles. The molecule has 0 unspecified atom stereocenters. The fourth-order valence-electron chi connectivity index (χ4n) is 4.57. The standard InChI is InChI=1S/C27H27N5O3S/c1-18-9-12-24-25(19(18)2)29-27(36-24)31(17-21-8-4-5-13-28-21)26(33)20-10-11-22(23(16-20)32(34)35)30-14-6-3-7-15-30/h4-5,8-13,16H,3,6-7,14-15,17H2,1-2H3. The number of hydrogen-bond donors (Lipinski definition) is 0. The highest BCUT2D eigenvalue weighted by molar-refractivity contribution is 7.22. The molecule has 3 heterocycles. The van der Waals surface area contributed by atoms with Crippen molar-refractivity contribution in [2.45, 2.75) is 39.7 Å². The molecule has 0 radical (unpaired) electrons. The summed E-state index contributed by atoms with van der Waals surface area (Å²) in [6, 6.07) is 14.4. The lowest BCUT2D eigenvalue weighted by atomic mass is 10.1. The predicted molar refractivity (Wildman–Crippen MR) is 143 cm³/mol. The van der Waals surface area contributed by atoms with Gasteiger partial charge in [-0.25, -0.2) is 4.98 Å². The molecular formula is C27H27N5O3S. The fraction of sp³-hybridized carbons (Fsp3) is 0.296. The molecule has 4 aromatic rings. The smallest absolute Gasteiger partial charge is 0.293 e. The van der Waals surface area contributed by atoms with Gasteiger partial charge in [0.05, 0.1) is 27.4 Å². The molecular weight excluding hydrogens is 474 g/mol. The highest BCUT2D eigenvalue weighted by Crippen LogP contribution is 2.35. The molecule has 8 nitrogen and oxygen atoms in total. The van der Waals surface area contributed by atoms with Gasteiger partial charge in [0.2, 0.25) is 0 Å². The van der Waals surface area contributed by atoms with E-state index in [1.807, 2.05) is 49.1 Å². The van der Waals surface area contributed by atoms with E-state index in [1.165, 1.54) is 17.4 Å². The van der Waals surface area contributed by atoms with E-state index in [-0.39, 0.29) is 23.7 Å². The first-order valence-electron chi connectivity index (χ1n) is 12.0. The van der Waals surface area contributed by atoms with Crippen LogP contribution in [0.1, 0.15) is 46.4 Å². The van der Waals surface area contributed by atoms with E-state index < -0.39 is 4.92 Å². The normalized spacial score (nSPS) is 13.7. The summed E-state index contributed by atoms with van der Waals surface area (Å²) in [5.41, 5.74) is 4.55. The van der Waals surface area contributed by atoms with Crippen molar-refractivity contribution in [3.8, 4) is 0 Å². The van der Waals surface area contributed by atoms with Crippen molar-refractivity contribution < 1.29 is 9.72 Å². The zero-order valence-corrected chi connectivity index (χ0v) is 21.1. The molecule has 5 rings (SSSR count). The number of thiazole rings is 1. The minimum Gasteiger partial charge on any atom is -0.366 e. The SMILES string of the molecule is Cc1ccc2sc(N(Cc3ccccn3)C(=O)c3ccc(N4CCCCC4)c([N+](=O)[O-])c3)nc2c1C. The molecule has 2 aromatic heterocycles. The molecule has 36 heavy (non-hydrogen) atoms. The number of nitro benzene ring substituents is 1. The Labute approximate surface area is 213 Å². The van der Waals surface area contributed by atoms with E-state index in [2.05, 4.69) is 4.98 Å². The Morgan fingerprint density at radius 2 is 1.92 bits per heavy atom. The molecule has 184 valence electrons. The number of nitrogens with zero attached hydrogens (tertiary/aromatic N) is 5. The van der Waals surface area contributed by atoms with Gasteiger partial charge in [0.15, 0.2) is 5.13 Å². The number of piperidine rings is 1. The molecule has 1 saturated heterocycles. The lowest BCUT2D eigenvalue weighted by Crippen LogP contribution is -2.32. The minimum atomic E-state index is -0.395. The third-order valence-electron chi connectivity index (χ3n) is 6.71. The number of pyridine rings is 1. The lowest BCUT2D eigenvalue weighted by molar-refractivity contribution is -0.384. The van der Waals surface area contributed by atoms with E-state index >= 15 is 0 Å². The maximum atomic E-state index is 13.9. The van der Waals surface area contributed by atoms with Crippen molar-refractivity contribution in [3.63, 3.8) is 0 Å². The van der Waals surface area contributed by atoms with Crippen LogP contribution in [0.15, 0.2) is 54.7 Å². The summed E-state index contributed by atoms with van der Waals surface area (Å²) in [5.74, 6) is -0.345. The maximum Gasteiger partial charge on any atom is 0.293 e. The quantitative estimate of drug-likeness (QED) is 0.236. The molecule has 1 aliphatic rings. The van der Waals surface area contributed by atoms with E-state index in [0.29, 0.717) is 16.5 Å². The van der Waals surface area contributed by atoms with Crippen LogP contribution in [0.25, 0.3) is 10.2 Å². The summed E-state index contributed by atoms with van der Waals surface area (Å²) in [4.78, 5) is 38.3. The maximum absolute atomic E-state index is 13.9. The number of aryl methyl sites for hydroxylation is 2. The van der Waals surface area contributed by atoms with Crippen LogP contribution in [-0.4, -0.2) is 33.9 Å². The van der Waals surface area contributed by atoms with Crippen LogP contribution in [0.4, 0.5) is 16.5 Å². The van der Waals surface area contributed by atoms with E-state index in [9.17, 15) is 14.9 Å². The fourth-order valence-corrected chi connectivity index (χ4v) is 5.59. The van der Waals surface area contributed by atoms with Crippen molar-refractivity contribution >= 4 is 44.0 Å². The van der Waals surface area contributed by atoms with Gasteiger partial charge in [0, 0.05) is 30.9 Å². The average Bonchev–Trinajstić information content (AvgIpc) is 3.34. The Bertz CT molecular complexity index is 1430. The summed E-state index contributed by atoms with van der Waals surface area (Å²) in [6.45, 7) is 5.83. The molecule has 0 saturated carbocycles. The van der Waals surface area contributed by atoms with Gasteiger partial charge >= 0.3 is 0 Å². The monoisotopic (exact) mass is 501 g/mol. The van der Waals surface area contributed by atoms with Crippen molar-refractivity contribution in [2.75, 3.05) is 22.9 Å². The summed E-state index contributed by atoms with van der Waals surface area (Å²) in [6.07, 6.45) is 4.82. The highest BCUT2D eigenvalue weighted by Gasteiger charge is 2.27. The van der Waals surface area contributed by atoms with Gasteiger partial charge in [-0.2, -0.15) is 0 Å². The molecule has 9 heteroatoms. The summed E-state index contributed by atoms with van der Waals surface area (Å²) in [5, 5.41) is 12.5. The first kappa shape index (κ1) is 23.9. The summed E-state index contributed by atoms with van der Waals surface area (Å²) < 4.78 is 0.985. The van der Waals surface area contributed by atoms with E-state index in [0.717, 1.165) is 53.7 Å². The van der Waals surface area contributed by atoms with Gasteiger partial charge in [-0.05, 0) is 74.6 Å². The van der Waals surface area contributed by atoms with Gasteiger partial charge in [-0.1, -0.05) is 23.5 Å². The number of nitro groups is 1. The van der Waals surface area contributed by atoms with Crippen LogP contribution in [-0.2, 0) is 6.54 Å². The van der Waals surface area contributed by atoms with Gasteiger partial charge in [0.1, 0.15) is 5.69 Å². The van der Waals surface area contributed by atoms with E-state index in [4.69, 9.17) is 4.98 Å². The number of hydrogen-bond acceptors (Lipinski definition) is 7. The number of benzene rings is 2. The first-order chi connectivity index (χ1) is 17.4. The van der Waals surface area contributed by atoms with Crippen molar-refractivity contribution in [3.05, 3.63) is 87.2 Å². The number of carbonyl (C=O) groups is 1. The van der Waals surface area contributed by atoms with Crippen molar-refractivity contribution in [1.29, 1.82) is 0 Å². The lowest BCUT2D eigenvalue weighted by Gasteiger charge is -2.28. The minimum absolute atomic E-state index is 0.0451. The number of aromatic nitrogens is 2. The number of anilines is 2. The molecule has 0 aliphatic carbocycles. The zero-order valence-electron chi connectivity index (χ0n) is 20.3. The second-order valence-corrected chi connectivity index (χ2v) is 10.1. The Hall–Kier alpha value is -3.85. The molecule has 0 spiro atoms. The van der Waals surface area contributed by atoms with Crippen LogP contribution < -0.4 is 9.80 Å². The Balaban J connectivity index is 1.56. The molecule has 1 fully saturated rings. The van der Waals surface area contributed by atoms with E-state index in [1.54, 1.807) is 23.2 Å². The molecule has 0 N–H and O–H groups in total. The van der Waals surface area contributed by atoms with Crippen LogP contribution in [0, 0.1) is 24.0 Å². The summed E-state index contributed by atoms with van der Waals surface area (Å²) in [7, 11) is 0. The second-order valence-electron chi connectivity index (χ2n) is 9.07. The molecule has 1 aliphatic heterocycles. The van der Waals surface area contributed by atoms with Gasteiger partial charge in [0.25, 0.3) is 11.6 Å². The zero-order chi connectivity index (χ0) is 25.2. The second kappa shape index (κ2) is 10.0. The third kappa shape index (κ3) is 4.66. The molecule has 0 bridgehead atoms. The van der Waals surface area contributed by atoms with Crippen LogP contribution in [0.2, 0.25) is 0 Å². The Morgan fingerprint density at radius 1 is 1.11 bits per heavy atom. The van der Waals surface area contributed by atoms with Crippen molar-refractivity contribution in [1.82, 2.24) is 9.97 Å². The predicted octanol–water partition coefficient (Wildman–Crippen LogP) is 6.05. The number of fused-ring (bicyclic) bond motifs is 1. The number of rotatable bonds is 6. The van der Waals surface area contributed by atoms with Crippen LogP contribution >= 0.6 is 11.3 Å². The molecule has 0 atom stereocenters. The molecule has 1 amide bonds. The highest BCUT2D eigenvalue weighted by atomic mass is 32.1. The number of amides is 1. The Morgan fingerprint density at radius 3 is 2.64 bits per heavy atom. The van der Waals surface area contributed by atoms with Gasteiger partial charge in [-0.3, -0.25) is 24.8 Å². The van der Waals surface area contributed by atoms with Crippen LogP contribution in [0.5, 0.6) is 0 Å². The van der Waals surface area contributed by atoms with Gasteiger partial charge < -0.3 is 4.90 Å². The average molecular weight is 502 g/mol. The number of carbonyl (C=O) groups excluding carboxylic acids is 1. The van der Waals surface area contributed by atoms with Crippen LogP contribution in [0.3, 0.4) is 0 Å².